The van der Waals surface area contributed by atoms with Crippen molar-refractivity contribution in [2.45, 2.75) is 18.9 Å². The van der Waals surface area contributed by atoms with Gasteiger partial charge in [-0.25, -0.2) is 17.4 Å². The molecule has 1 heterocycles. The third-order valence-electron chi connectivity index (χ3n) is 2.14. The van der Waals surface area contributed by atoms with Crippen molar-refractivity contribution < 1.29 is 8.42 Å². The minimum absolute atomic E-state index is 0.365. The zero-order chi connectivity index (χ0) is 9.90. The minimum atomic E-state index is -3.03. The van der Waals surface area contributed by atoms with Gasteiger partial charge in [-0.05, 0) is 19.1 Å². The van der Waals surface area contributed by atoms with E-state index in [1.807, 2.05) is 6.26 Å². The Labute approximate surface area is 84.3 Å². The van der Waals surface area contributed by atoms with Gasteiger partial charge in [-0.3, -0.25) is 0 Å². The molecule has 1 aliphatic heterocycles. The standard InChI is InChI=1S/C7H16N2O2S2/c1-12-9-5-3-4-7(9)6-8-13(2,10)11/h7-8H,3-6H2,1-2H3/t7-/m0/s1. The van der Waals surface area contributed by atoms with E-state index in [0.29, 0.717) is 12.6 Å². The molecule has 0 radical (unpaired) electrons. The molecule has 1 rings (SSSR count). The third kappa shape index (κ3) is 3.84. The second-order valence-corrected chi connectivity index (χ2v) is 5.91. The molecule has 78 valence electrons. The van der Waals surface area contributed by atoms with E-state index in [1.165, 1.54) is 6.26 Å². The maximum absolute atomic E-state index is 10.8. The second-order valence-electron chi connectivity index (χ2n) is 3.24. The molecule has 1 N–H and O–H groups in total. The second kappa shape index (κ2) is 4.63. The quantitative estimate of drug-likeness (QED) is 0.697. The van der Waals surface area contributed by atoms with Crippen LogP contribution >= 0.6 is 11.9 Å². The molecule has 0 aromatic heterocycles. The number of hydrogen-bond acceptors (Lipinski definition) is 4. The Morgan fingerprint density at radius 1 is 1.62 bits per heavy atom. The van der Waals surface area contributed by atoms with Gasteiger partial charge in [0.1, 0.15) is 0 Å². The van der Waals surface area contributed by atoms with Crippen LogP contribution in [0.15, 0.2) is 0 Å². The monoisotopic (exact) mass is 224 g/mol. The van der Waals surface area contributed by atoms with Crippen molar-refractivity contribution in [2.24, 2.45) is 0 Å². The van der Waals surface area contributed by atoms with Crippen LogP contribution in [0.25, 0.3) is 0 Å². The van der Waals surface area contributed by atoms with Crippen LogP contribution in [0.1, 0.15) is 12.8 Å². The molecule has 1 atom stereocenters. The summed E-state index contributed by atoms with van der Waals surface area (Å²) in [6, 6.07) is 0.365. The van der Waals surface area contributed by atoms with Crippen LogP contribution in [0.2, 0.25) is 0 Å². The third-order valence-corrected chi connectivity index (χ3v) is 3.78. The summed E-state index contributed by atoms with van der Waals surface area (Å²) < 4.78 is 26.5. The molecule has 1 fully saturated rings. The van der Waals surface area contributed by atoms with Crippen LogP contribution in [0.3, 0.4) is 0 Å². The summed E-state index contributed by atoms with van der Waals surface area (Å²) in [5.41, 5.74) is 0. The van der Waals surface area contributed by atoms with Gasteiger partial charge in [0.05, 0.1) is 6.26 Å². The summed E-state index contributed by atoms with van der Waals surface area (Å²) in [4.78, 5) is 0. The van der Waals surface area contributed by atoms with E-state index in [2.05, 4.69) is 9.03 Å². The highest BCUT2D eigenvalue weighted by Gasteiger charge is 2.24. The fourth-order valence-electron chi connectivity index (χ4n) is 1.50. The topological polar surface area (TPSA) is 49.4 Å². The Morgan fingerprint density at radius 3 is 2.85 bits per heavy atom. The van der Waals surface area contributed by atoms with Gasteiger partial charge in [0.15, 0.2) is 0 Å². The molecule has 0 aromatic carbocycles. The van der Waals surface area contributed by atoms with Crippen LogP contribution < -0.4 is 4.72 Å². The maximum atomic E-state index is 10.8. The number of hydrogen-bond donors (Lipinski definition) is 1. The lowest BCUT2D eigenvalue weighted by Gasteiger charge is -2.21. The van der Waals surface area contributed by atoms with Crippen molar-refractivity contribution in [3.63, 3.8) is 0 Å². The van der Waals surface area contributed by atoms with Gasteiger partial charge in [0.25, 0.3) is 0 Å². The van der Waals surface area contributed by atoms with Gasteiger partial charge in [0, 0.05) is 19.1 Å². The predicted octanol–water partition coefficient (Wildman–Crippen LogP) is 0.278. The van der Waals surface area contributed by atoms with Crippen molar-refractivity contribution in [3.05, 3.63) is 0 Å². The highest BCUT2D eigenvalue weighted by Crippen LogP contribution is 2.22. The lowest BCUT2D eigenvalue weighted by Crippen LogP contribution is -2.36. The highest BCUT2D eigenvalue weighted by atomic mass is 32.2. The van der Waals surface area contributed by atoms with Gasteiger partial charge in [-0.2, -0.15) is 0 Å². The summed E-state index contributed by atoms with van der Waals surface area (Å²) in [6.45, 7) is 1.61. The summed E-state index contributed by atoms with van der Waals surface area (Å²) >= 11 is 1.69. The van der Waals surface area contributed by atoms with Gasteiger partial charge in [0.2, 0.25) is 10.0 Å². The number of rotatable bonds is 4. The first-order chi connectivity index (χ1) is 6.03. The van der Waals surface area contributed by atoms with Crippen LogP contribution in [-0.4, -0.2) is 44.4 Å². The molecule has 1 aliphatic rings. The van der Waals surface area contributed by atoms with Gasteiger partial charge >= 0.3 is 0 Å². The van der Waals surface area contributed by atoms with Crippen LogP contribution in [-0.2, 0) is 10.0 Å². The van der Waals surface area contributed by atoms with Crippen molar-refractivity contribution >= 4 is 22.0 Å². The summed E-state index contributed by atoms with van der Waals surface area (Å²) in [5.74, 6) is 0. The number of nitrogens with one attached hydrogen (secondary N) is 1. The zero-order valence-electron chi connectivity index (χ0n) is 7.99. The molecular weight excluding hydrogens is 208 g/mol. The summed E-state index contributed by atoms with van der Waals surface area (Å²) in [5, 5.41) is 0. The Morgan fingerprint density at radius 2 is 2.31 bits per heavy atom. The van der Waals surface area contributed by atoms with E-state index in [1.54, 1.807) is 11.9 Å². The van der Waals surface area contributed by atoms with E-state index in [0.717, 1.165) is 19.4 Å². The molecule has 0 aromatic rings. The molecule has 6 heteroatoms. The summed E-state index contributed by atoms with van der Waals surface area (Å²) in [6.07, 6.45) is 5.48. The van der Waals surface area contributed by atoms with E-state index in [9.17, 15) is 8.42 Å². The smallest absolute Gasteiger partial charge is 0.208 e. The minimum Gasteiger partial charge on any atom is -0.246 e. The molecule has 1 saturated heterocycles. The van der Waals surface area contributed by atoms with Gasteiger partial charge in [-0.15, -0.1) is 0 Å². The average Bonchev–Trinajstić information content (AvgIpc) is 2.46. The van der Waals surface area contributed by atoms with E-state index in [-0.39, 0.29) is 0 Å². The first kappa shape index (κ1) is 11.3. The highest BCUT2D eigenvalue weighted by molar-refractivity contribution is 7.96. The average molecular weight is 224 g/mol. The fraction of sp³-hybridized carbons (Fsp3) is 1.00. The van der Waals surface area contributed by atoms with Crippen molar-refractivity contribution in [3.8, 4) is 0 Å². The van der Waals surface area contributed by atoms with Gasteiger partial charge in [-0.1, -0.05) is 11.9 Å². The Kier molecular flexibility index (Phi) is 4.03. The van der Waals surface area contributed by atoms with Crippen molar-refractivity contribution in [2.75, 3.05) is 25.6 Å². The Hall–Kier alpha value is 0.220. The predicted molar refractivity (Wildman–Crippen MR) is 56.1 cm³/mol. The largest absolute Gasteiger partial charge is 0.246 e. The Bertz CT molecular complexity index is 253. The van der Waals surface area contributed by atoms with Crippen LogP contribution in [0.5, 0.6) is 0 Å². The lowest BCUT2D eigenvalue weighted by molar-refractivity contribution is 0.432. The molecule has 0 saturated carbocycles. The molecule has 0 unspecified atom stereocenters. The lowest BCUT2D eigenvalue weighted by atomic mass is 10.2. The van der Waals surface area contributed by atoms with E-state index in [4.69, 9.17) is 0 Å². The zero-order valence-corrected chi connectivity index (χ0v) is 9.62. The summed E-state index contributed by atoms with van der Waals surface area (Å²) in [7, 11) is -3.03. The van der Waals surface area contributed by atoms with Crippen molar-refractivity contribution in [1.82, 2.24) is 9.03 Å². The van der Waals surface area contributed by atoms with E-state index < -0.39 is 10.0 Å². The molecule has 0 spiro atoms. The molecule has 13 heavy (non-hydrogen) atoms. The molecule has 0 bridgehead atoms. The molecule has 0 amide bonds. The van der Waals surface area contributed by atoms with E-state index >= 15 is 0 Å². The van der Waals surface area contributed by atoms with Crippen LogP contribution in [0.4, 0.5) is 0 Å². The van der Waals surface area contributed by atoms with Crippen LogP contribution in [0, 0.1) is 0 Å². The first-order valence-electron chi connectivity index (χ1n) is 4.28. The molecule has 4 nitrogen and oxygen atoms in total. The molecular formula is C7H16N2O2S2. The molecule has 0 aliphatic carbocycles. The SMILES string of the molecule is CSN1CCC[C@H]1CNS(C)(=O)=O. The normalized spacial score (nSPS) is 25.2. The fourth-order valence-corrected chi connectivity index (χ4v) is 2.79. The van der Waals surface area contributed by atoms with Gasteiger partial charge < -0.3 is 0 Å². The Balaban J connectivity index is 2.36. The van der Waals surface area contributed by atoms with Crippen molar-refractivity contribution in [1.29, 1.82) is 0 Å². The first-order valence-corrected chi connectivity index (χ1v) is 7.35. The number of sulfonamides is 1. The number of nitrogens with zero attached hydrogens (tertiary/aromatic N) is 1. The maximum Gasteiger partial charge on any atom is 0.208 e.